The van der Waals surface area contributed by atoms with Gasteiger partial charge in [0.15, 0.2) is 0 Å². The maximum Gasteiger partial charge on any atom is 0.410 e. The van der Waals surface area contributed by atoms with E-state index in [0.29, 0.717) is 58.3 Å². The molecule has 2 saturated carbocycles. The van der Waals surface area contributed by atoms with Crippen molar-refractivity contribution in [3.05, 3.63) is 68.0 Å². The Balaban J connectivity index is 1.07. The Morgan fingerprint density at radius 3 is 2.34 bits per heavy atom. The highest BCUT2D eigenvalue weighted by Gasteiger charge is 2.62. The fraction of sp³-hybridized carbons (Fsp3) is 0.568. The molecule has 0 aromatic heterocycles. The minimum absolute atomic E-state index is 0.0610. The van der Waals surface area contributed by atoms with Crippen LogP contribution >= 0.6 is 0 Å². The first-order valence-electron chi connectivity index (χ1n) is 18.7. The summed E-state index contributed by atoms with van der Waals surface area (Å²) in [5.74, 6) is -2.45. The number of carbonyl (C=O) groups is 4. The lowest BCUT2D eigenvalue weighted by Gasteiger charge is -2.36. The minimum Gasteiger partial charge on any atom is -0.444 e. The largest absolute Gasteiger partial charge is 0.444 e. The third-order valence-corrected chi connectivity index (χ3v) is 13.4. The van der Waals surface area contributed by atoms with Crippen LogP contribution in [0, 0.1) is 5.92 Å². The van der Waals surface area contributed by atoms with Crippen molar-refractivity contribution in [1.29, 1.82) is 0 Å². The molecule has 2 aromatic carbocycles. The van der Waals surface area contributed by atoms with Gasteiger partial charge < -0.3 is 25.2 Å². The molecule has 4 heterocycles. The minimum atomic E-state index is -3.91. The summed E-state index contributed by atoms with van der Waals surface area (Å²) >= 11 is 0. The second-order valence-electron chi connectivity index (χ2n) is 15.3. The zero-order valence-electron chi connectivity index (χ0n) is 29.4. The van der Waals surface area contributed by atoms with E-state index in [-0.39, 0.29) is 30.8 Å². The number of allylic oxidation sites excluding steroid dienone is 1. The number of nitrogens with zero attached hydrogens (tertiary/aromatic N) is 3. The maximum absolute atomic E-state index is 14.6. The van der Waals surface area contributed by atoms with Crippen LogP contribution in [0.3, 0.4) is 0 Å². The summed E-state index contributed by atoms with van der Waals surface area (Å²) in [6.07, 6.45) is 7.35. The normalized spacial score (nSPS) is 29.5. The van der Waals surface area contributed by atoms with Gasteiger partial charge in [0.1, 0.15) is 35.1 Å². The van der Waals surface area contributed by atoms with E-state index >= 15 is 0 Å². The van der Waals surface area contributed by atoms with Crippen LogP contribution in [0.5, 0.6) is 0 Å². The Morgan fingerprint density at radius 2 is 1.66 bits per heavy atom. The average Bonchev–Trinajstić information content (AvgIpc) is 4.00. The first-order valence-corrected chi connectivity index (χ1v) is 20.2. The summed E-state index contributed by atoms with van der Waals surface area (Å²) in [5, 5.41) is 5.27. The van der Waals surface area contributed by atoms with Crippen LogP contribution in [-0.2, 0) is 42.2 Å². The zero-order valence-corrected chi connectivity index (χ0v) is 30.2. The van der Waals surface area contributed by atoms with Crippen LogP contribution < -0.4 is 31.1 Å². The molecule has 15 nitrogen and oxygen atoms in total. The zero-order chi connectivity index (χ0) is 37.1. The Morgan fingerprint density at radius 1 is 0.925 bits per heavy atom. The lowest BCUT2D eigenvalue weighted by atomic mass is 10.0. The number of hydrogen-bond donors (Lipinski definition) is 3. The van der Waals surface area contributed by atoms with Crippen molar-refractivity contribution >= 4 is 45.2 Å². The standard InChI is InChI=1S/C37H44N6O9S/c44-31-29(30(32(31)45)41-15-8-16-41)38-27-12-5-3-1-2-4-11-24-18-37(24,35(48)40-53(50,51)26-13-14-26)39-33(46)28-17-25(21-43(28)34(27)47)52-36(49)42-19-22-9-6-7-10-23(22)20-42/h4,6-7,9-11,24-28,38H,1-3,5,8,12-21H2,(H,39,46)(H,40,48)/b11-4-/t24-,25-,27+,28+,37-/m1/s1. The first-order chi connectivity index (χ1) is 25.4. The predicted molar refractivity (Wildman–Crippen MR) is 193 cm³/mol. The highest BCUT2D eigenvalue weighted by molar-refractivity contribution is 7.91. The quantitative estimate of drug-likeness (QED) is 0.274. The van der Waals surface area contributed by atoms with Crippen molar-refractivity contribution in [2.24, 2.45) is 5.92 Å². The topological polar surface area (TPSA) is 192 Å². The number of sulfonamides is 1. The van der Waals surface area contributed by atoms with Gasteiger partial charge in [-0.3, -0.25) is 33.6 Å². The number of rotatable bonds is 7. The molecule has 0 radical (unpaired) electrons. The Hall–Kier alpha value is -4.73. The van der Waals surface area contributed by atoms with E-state index in [9.17, 15) is 37.2 Å². The van der Waals surface area contributed by atoms with Crippen LogP contribution in [-0.4, -0.2) is 90.6 Å². The number of nitrogens with one attached hydrogen (secondary N) is 3. The van der Waals surface area contributed by atoms with Crippen molar-refractivity contribution in [3.8, 4) is 0 Å². The summed E-state index contributed by atoms with van der Waals surface area (Å²) in [6, 6.07) is 5.53. The molecule has 2 saturated heterocycles. The van der Waals surface area contributed by atoms with Crippen molar-refractivity contribution < 1.29 is 32.3 Å². The molecule has 2 aromatic rings. The van der Waals surface area contributed by atoms with Crippen LogP contribution in [0.1, 0.15) is 75.3 Å². The lowest BCUT2D eigenvalue weighted by Crippen LogP contribution is -2.58. The smallest absolute Gasteiger partial charge is 0.410 e. The molecule has 53 heavy (non-hydrogen) atoms. The summed E-state index contributed by atoms with van der Waals surface area (Å²) in [5.41, 5.74) is -0.440. The monoisotopic (exact) mass is 748 g/mol. The summed E-state index contributed by atoms with van der Waals surface area (Å²) in [4.78, 5) is 86.1. The third-order valence-electron chi connectivity index (χ3n) is 11.6. The second kappa shape index (κ2) is 13.6. The van der Waals surface area contributed by atoms with E-state index in [2.05, 4.69) is 15.4 Å². The van der Waals surface area contributed by atoms with Crippen molar-refractivity contribution in [2.45, 2.75) is 106 Å². The SMILES string of the molecule is O=C1N[C@]2(C(=O)NS(=O)(=O)C3CC3)C[C@H]2/C=C\CCCCC[C@H](Nc2c(N3CCC3)c(=O)c2=O)C(=O)N2C[C@H](OC(=O)N3Cc4ccccc4C3)C[C@@H]12. The van der Waals surface area contributed by atoms with E-state index in [0.717, 1.165) is 30.4 Å². The molecule has 0 unspecified atom stereocenters. The van der Waals surface area contributed by atoms with Gasteiger partial charge in [-0.05, 0) is 56.1 Å². The molecule has 0 bridgehead atoms. The van der Waals surface area contributed by atoms with E-state index in [1.807, 2.05) is 41.3 Å². The van der Waals surface area contributed by atoms with Crippen molar-refractivity contribution in [2.75, 3.05) is 29.9 Å². The second-order valence-corrected chi connectivity index (χ2v) is 17.3. The van der Waals surface area contributed by atoms with Gasteiger partial charge in [-0.25, -0.2) is 13.2 Å². The Kier molecular flexibility index (Phi) is 9.06. The Labute approximate surface area is 306 Å². The van der Waals surface area contributed by atoms with Crippen LogP contribution in [0.2, 0.25) is 0 Å². The fourth-order valence-electron chi connectivity index (χ4n) is 8.06. The van der Waals surface area contributed by atoms with E-state index in [1.165, 1.54) is 4.90 Å². The van der Waals surface area contributed by atoms with Crippen molar-refractivity contribution in [3.63, 3.8) is 0 Å². The van der Waals surface area contributed by atoms with Gasteiger partial charge in [0.25, 0.3) is 16.8 Å². The van der Waals surface area contributed by atoms with Gasteiger partial charge in [0.2, 0.25) is 21.8 Å². The summed E-state index contributed by atoms with van der Waals surface area (Å²) < 4.78 is 33.7. The predicted octanol–water partition coefficient (Wildman–Crippen LogP) is 1.40. The van der Waals surface area contributed by atoms with Crippen LogP contribution in [0.15, 0.2) is 46.0 Å². The number of carbonyl (C=O) groups excluding carboxylic acids is 4. The fourth-order valence-corrected chi connectivity index (χ4v) is 9.42. The molecular weight excluding hydrogens is 705 g/mol. The number of hydrogen-bond acceptors (Lipinski definition) is 11. The van der Waals surface area contributed by atoms with Gasteiger partial charge in [-0.15, -0.1) is 0 Å². The molecule has 5 atom stereocenters. The molecule has 8 rings (SSSR count). The highest BCUT2D eigenvalue weighted by atomic mass is 32.2. The molecule has 4 fully saturated rings. The highest BCUT2D eigenvalue weighted by Crippen LogP contribution is 2.46. The molecule has 6 aliphatic rings. The maximum atomic E-state index is 14.6. The van der Waals surface area contributed by atoms with Crippen LogP contribution in [0.25, 0.3) is 0 Å². The molecule has 16 heteroatoms. The van der Waals surface area contributed by atoms with Gasteiger partial charge in [-0.1, -0.05) is 49.3 Å². The number of amides is 4. The van der Waals surface area contributed by atoms with E-state index < -0.39 is 79.6 Å². The molecule has 0 spiro atoms. The Bertz CT molecular complexity index is 2030. The summed E-state index contributed by atoms with van der Waals surface area (Å²) in [7, 11) is -3.91. The van der Waals surface area contributed by atoms with Gasteiger partial charge in [0, 0.05) is 38.5 Å². The molecular formula is C37H44N6O9S. The molecule has 2 aliphatic carbocycles. The van der Waals surface area contributed by atoms with E-state index in [4.69, 9.17) is 4.74 Å². The molecule has 4 amide bonds. The van der Waals surface area contributed by atoms with Crippen LogP contribution in [0.4, 0.5) is 16.2 Å². The van der Waals surface area contributed by atoms with Crippen molar-refractivity contribution in [1.82, 2.24) is 19.8 Å². The first kappa shape index (κ1) is 35.3. The van der Waals surface area contributed by atoms with Gasteiger partial charge in [-0.2, -0.15) is 0 Å². The lowest BCUT2D eigenvalue weighted by molar-refractivity contribution is -0.140. The number of fused-ring (bicyclic) bond motifs is 3. The average molecular weight is 749 g/mol. The molecule has 282 valence electrons. The summed E-state index contributed by atoms with van der Waals surface area (Å²) in [6.45, 7) is 1.86. The van der Waals surface area contributed by atoms with Gasteiger partial charge >= 0.3 is 6.09 Å². The number of anilines is 2. The number of ether oxygens (including phenoxy) is 1. The molecule has 4 aliphatic heterocycles. The molecule has 3 N–H and O–H groups in total. The third kappa shape index (κ3) is 6.70. The van der Waals surface area contributed by atoms with E-state index in [1.54, 1.807) is 4.90 Å². The number of benzene rings is 1. The van der Waals surface area contributed by atoms with Gasteiger partial charge in [0.05, 0.1) is 11.8 Å².